The van der Waals surface area contributed by atoms with Gasteiger partial charge in [-0.2, -0.15) is 0 Å². The minimum absolute atomic E-state index is 0.679. The number of pyridine rings is 1. The second-order valence-electron chi connectivity index (χ2n) is 4.73. The van der Waals surface area contributed by atoms with E-state index in [-0.39, 0.29) is 0 Å². The first-order valence-corrected chi connectivity index (χ1v) is 7.08. The Morgan fingerprint density at radius 1 is 1.05 bits per heavy atom. The van der Waals surface area contributed by atoms with Crippen molar-refractivity contribution < 1.29 is 4.74 Å². The van der Waals surface area contributed by atoms with Crippen molar-refractivity contribution in [1.29, 1.82) is 0 Å². The Kier molecular flexibility index (Phi) is 4.12. The molecule has 0 radical (unpaired) electrons. The number of benzene rings is 1. The number of hydrogen-bond acceptors (Lipinski definition) is 4. The van der Waals surface area contributed by atoms with Gasteiger partial charge in [0, 0.05) is 12.7 Å². The van der Waals surface area contributed by atoms with E-state index in [4.69, 9.17) is 4.74 Å². The van der Waals surface area contributed by atoms with Crippen LogP contribution in [0.1, 0.15) is 18.3 Å². The van der Waals surface area contributed by atoms with E-state index < -0.39 is 0 Å². The van der Waals surface area contributed by atoms with Crippen molar-refractivity contribution in [3.63, 3.8) is 0 Å². The maximum atomic E-state index is 5.43. The van der Waals surface area contributed by atoms with Gasteiger partial charge in [0.25, 0.3) is 0 Å². The Morgan fingerprint density at radius 2 is 1.90 bits per heavy atom. The van der Waals surface area contributed by atoms with Gasteiger partial charge in [-0.05, 0) is 36.8 Å². The summed E-state index contributed by atoms with van der Waals surface area (Å²) in [4.78, 5) is 0. The molecule has 5 nitrogen and oxygen atoms in total. The molecule has 0 aliphatic heterocycles. The smallest absolute Gasteiger partial charge is 0.160 e. The Balaban J connectivity index is 1.58. The fourth-order valence-corrected chi connectivity index (χ4v) is 2.20. The molecule has 0 aliphatic carbocycles. The van der Waals surface area contributed by atoms with Crippen LogP contribution in [0.5, 0.6) is 5.75 Å². The Bertz CT molecular complexity index is 706. The highest BCUT2D eigenvalue weighted by Gasteiger charge is 2.03. The molecule has 1 N–H and O–H groups in total. The van der Waals surface area contributed by atoms with E-state index in [1.165, 1.54) is 5.56 Å². The highest BCUT2D eigenvalue weighted by Crippen LogP contribution is 2.12. The van der Waals surface area contributed by atoms with E-state index in [1.807, 2.05) is 47.9 Å². The van der Waals surface area contributed by atoms with Gasteiger partial charge in [0.2, 0.25) is 0 Å². The quantitative estimate of drug-likeness (QED) is 0.754. The third-order valence-corrected chi connectivity index (χ3v) is 3.23. The number of hydrogen-bond donors (Lipinski definition) is 1. The summed E-state index contributed by atoms with van der Waals surface area (Å²) in [7, 11) is 0. The lowest BCUT2D eigenvalue weighted by molar-refractivity contribution is 0.340. The standard InChI is InChI=1S/C16H18N4O/c1-2-21-14-8-6-13(7-9-14)11-17-12-16-19-18-15-5-3-4-10-20(15)16/h3-10,17H,2,11-12H2,1H3. The zero-order chi connectivity index (χ0) is 14.5. The predicted molar refractivity (Wildman–Crippen MR) is 81.1 cm³/mol. The molecule has 108 valence electrons. The molecule has 0 fully saturated rings. The van der Waals surface area contributed by atoms with Gasteiger partial charge in [0.05, 0.1) is 13.2 Å². The van der Waals surface area contributed by atoms with Crippen molar-refractivity contribution in [1.82, 2.24) is 19.9 Å². The molecule has 0 unspecified atom stereocenters. The Hall–Kier alpha value is -2.40. The number of nitrogens with zero attached hydrogens (tertiary/aromatic N) is 3. The molecule has 3 aromatic rings. The SMILES string of the molecule is CCOc1ccc(CNCc2nnc3ccccn23)cc1. The minimum Gasteiger partial charge on any atom is -0.494 e. The van der Waals surface area contributed by atoms with E-state index in [2.05, 4.69) is 27.6 Å². The molecular weight excluding hydrogens is 264 g/mol. The number of fused-ring (bicyclic) bond motifs is 1. The summed E-state index contributed by atoms with van der Waals surface area (Å²) in [6.07, 6.45) is 1.98. The van der Waals surface area contributed by atoms with Crippen molar-refractivity contribution >= 4 is 5.65 Å². The maximum absolute atomic E-state index is 5.43. The van der Waals surface area contributed by atoms with Crippen LogP contribution in [0.3, 0.4) is 0 Å². The molecule has 2 heterocycles. The van der Waals surface area contributed by atoms with Gasteiger partial charge in [-0.15, -0.1) is 10.2 Å². The second-order valence-corrected chi connectivity index (χ2v) is 4.73. The topological polar surface area (TPSA) is 51.5 Å². The Labute approximate surface area is 123 Å². The minimum atomic E-state index is 0.679. The summed E-state index contributed by atoms with van der Waals surface area (Å²) in [5.41, 5.74) is 2.09. The van der Waals surface area contributed by atoms with Crippen molar-refractivity contribution in [2.75, 3.05) is 6.61 Å². The average molecular weight is 282 g/mol. The molecule has 0 atom stereocenters. The first-order chi connectivity index (χ1) is 10.4. The fourth-order valence-electron chi connectivity index (χ4n) is 2.20. The van der Waals surface area contributed by atoms with Crippen LogP contribution in [0, 0.1) is 0 Å². The first-order valence-electron chi connectivity index (χ1n) is 7.08. The number of ether oxygens (including phenoxy) is 1. The molecule has 1 aromatic carbocycles. The fraction of sp³-hybridized carbons (Fsp3) is 0.250. The highest BCUT2D eigenvalue weighted by atomic mass is 16.5. The maximum Gasteiger partial charge on any atom is 0.160 e. The van der Waals surface area contributed by atoms with Crippen molar-refractivity contribution in [3.05, 3.63) is 60.0 Å². The molecule has 0 bridgehead atoms. The third kappa shape index (κ3) is 3.20. The van der Waals surface area contributed by atoms with Crippen LogP contribution >= 0.6 is 0 Å². The number of aromatic nitrogens is 3. The summed E-state index contributed by atoms with van der Waals surface area (Å²) < 4.78 is 7.42. The van der Waals surface area contributed by atoms with Gasteiger partial charge in [-0.1, -0.05) is 18.2 Å². The van der Waals surface area contributed by atoms with Crippen LogP contribution in [0.2, 0.25) is 0 Å². The van der Waals surface area contributed by atoms with E-state index in [0.717, 1.165) is 23.8 Å². The van der Waals surface area contributed by atoms with Crippen LogP contribution < -0.4 is 10.1 Å². The molecular formula is C16H18N4O. The van der Waals surface area contributed by atoms with Crippen LogP contribution in [0.15, 0.2) is 48.7 Å². The van der Waals surface area contributed by atoms with E-state index in [9.17, 15) is 0 Å². The largest absolute Gasteiger partial charge is 0.494 e. The van der Waals surface area contributed by atoms with Crippen molar-refractivity contribution in [2.45, 2.75) is 20.0 Å². The van der Waals surface area contributed by atoms with E-state index in [0.29, 0.717) is 13.2 Å². The molecule has 0 spiro atoms. The zero-order valence-electron chi connectivity index (χ0n) is 12.0. The molecule has 2 aromatic heterocycles. The van der Waals surface area contributed by atoms with Gasteiger partial charge in [-0.3, -0.25) is 4.40 Å². The van der Waals surface area contributed by atoms with Gasteiger partial charge >= 0.3 is 0 Å². The summed E-state index contributed by atoms with van der Waals surface area (Å²) in [5, 5.41) is 11.7. The molecule has 0 saturated carbocycles. The number of nitrogens with one attached hydrogen (secondary N) is 1. The molecule has 3 rings (SSSR count). The first kappa shape index (κ1) is 13.6. The monoisotopic (exact) mass is 282 g/mol. The van der Waals surface area contributed by atoms with Gasteiger partial charge in [0.1, 0.15) is 5.75 Å². The average Bonchev–Trinajstić information content (AvgIpc) is 2.93. The summed E-state index contributed by atoms with van der Waals surface area (Å²) >= 11 is 0. The highest BCUT2D eigenvalue weighted by molar-refractivity contribution is 5.37. The van der Waals surface area contributed by atoms with Gasteiger partial charge in [-0.25, -0.2) is 0 Å². The zero-order valence-corrected chi connectivity index (χ0v) is 12.0. The normalized spacial score (nSPS) is 10.9. The second kappa shape index (κ2) is 6.37. The van der Waals surface area contributed by atoms with Crippen LogP contribution in [-0.2, 0) is 13.1 Å². The predicted octanol–water partition coefficient (Wildman–Crippen LogP) is 2.42. The molecule has 0 aliphatic rings. The lowest BCUT2D eigenvalue weighted by Crippen LogP contribution is -2.14. The van der Waals surface area contributed by atoms with Crippen LogP contribution in [0.4, 0.5) is 0 Å². The summed E-state index contributed by atoms with van der Waals surface area (Å²) in [6, 6.07) is 14.0. The van der Waals surface area contributed by atoms with Crippen molar-refractivity contribution in [2.24, 2.45) is 0 Å². The summed E-state index contributed by atoms with van der Waals surface area (Å²) in [6.45, 7) is 4.14. The molecule has 21 heavy (non-hydrogen) atoms. The summed E-state index contributed by atoms with van der Waals surface area (Å²) in [5.74, 6) is 1.82. The van der Waals surface area contributed by atoms with Crippen LogP contribution in [-0.4, -0.2) is 21.2 Å². The van der Waals surface area contributed by atoms with E-state index >= 15 is 0 Å². The van der Waals surface area contributed by atoms with Crippen molar-refractivity contribution in [3.8, 4) is 5.75 Å². The lowest BCUT2D eigenvalue weighted by Gasteiger charge is -2.06. The Morgan fingerprint density at radius 3 is 2.71 bits per heavy atom. The molecule has 5 heteroatoms. The third-order valence-electron chi connectivity index (χ3n) is 3.23. The van der Waals surface area contributed by atoms with Gasteiger partial charge in [0.15, 0.2) is 11.5 Å². The van der Waals surface area contributed by atoms with E-state index in [1.54, 1.807) is 0 Å². The molecule has 0 saturated heterocycles. The van der Waals surface area contributed by atoms with Crippen LogP contribution in [0.25, 0.3) is 5.65 Å². The molecule has 0 amide bonds. The lowest BCUT2D eigenvalue weighted by atomic mass is 10.2. The van der Waals surface area contributed by atoms with Gasteiger partial charge < -0.3 is 10.1 Å². The number of rotatable bonds is 6.